The molecular weight excluding hydrogens is 395 g/mol. The highest BCUT2D eigenvalue weighted by Gasteiger charge is 2.40. The molecule has 0 atom stereocenters. The number of nitrogens with one attached hydrogen (secondary N) is 2. The number of carbonyl (C=O) groups is 1. The number of primary amides is 1. The third-order valence-electron chi connectivity index (χ3n) is 6.24. The van der Waals surface area contributed by atoms with Gasteiger partial charge in [0, 0.05) is 38.1 Å². The molecular formula is C21H30F3N5O. The Hall–Kier alpha value is -2.29. The van der Waals surface area contributed by atoms with Gasteiger partial charge in [-0.25, -0.2) is 0 Å². The monoisotopic (exact) mass is 425 g/mol. The number of benzene rings is 1. The van der Waals surface area contributed by atoms with Crippen LogP contribution >= 0.6 is 0 Å². The molecule has 1 aromatic rings. The Morgan fingerprint density at radius 1 is 1.30 bits per heavy atom. The molecule has 1 aromatic carbocycles. The Morgan fingerprint density at radius 3 is 2.53 bits per heavy atom. The molecule has 0 spiro atoms. The second-order valence-electron chi connectivity index (χ2n) is 8.30. The molecule has 2 aliphatic rings. The van der Waals surface area contributed by atoms with E-state index in [2.05, 4.69) is 15.6 Å². The van der Waals surface area contributed by atoms with E-state index in [1.807, 2.05) is 4.90 Å². The first-order valence-electron chi connectivity index (χ1n) is 10.4. The Bertz CT molecular complexity index is 768. The summed E-state index contributed by atoms with van der Waals surface area (Å²) in [4.78, 5) is 17.4. The molecule has 0 unspecified atom stereocenters. The molecule has 1 aliphatic carbocycles. The first-order valence-corrected chi connectivity index (χ1v) is 10.4. The van der Waals surface area contributed by atoms with Crippen LogP contribution in [0.5, 0.6) is 0 Å². The molecule has 1 amide bonds. The van der Waals surface area contributed by atoms with E-state index in [1.165, 1.54) is 12.1 Å². The van der Waals surface area contributed by atoms with E-state index in [0.717, 1.165) is 56.8 Å². The number of aliphatic imine (C=N–C) groups is 1. The summed E-state index contributed by atoms with van der Waals surface area (Å²) in [5.41, 5.74) is 5.08. The van der Waals surface area contributed by atoms with Gasteiger partial charge in [0.15, 0.2) is 5.96 Å². The van der Waals surface area contributed by atoms with E-state index >= 15 is 0 Å². The van der Waals surface area contributed by atoms with E-state index in [9.17, 15) is 18.0 Å². The van der Waals surface area contributed by atoms with Crippen LogP contribution in [0.3, 0.4) is 0 Å². The van der Waals surface area contributed by atoms with Gasteiger partial charge < -0.3 is 16.4 Å². The van der Waals surface area contributed by atoms with Gasteiger partial charge in [0.05, 0.1) is 12.1 Å². The van der Waals surface area contributed by atoms with E-state index in [4.69, 9.17) is 5.73 Å². The van der Waals surface area contributed by atoms with E-state index in [-0.39, 0.29) is 23.9 Å². The normalized spacial score (nSPS) is 20.5. The number of hydrogen-bond acceptors (Lipinski definition) is 3. The summed E-state index contributed by atoms with van der Waals surface area (Å²) in [6.07, 6.45) is 0.102. The summed E-state index contributed by atoms with van der Waals surface area (Å²) in [5, 5.41) is 6.73. The van der Waals surface area contributed by atoms with Crippen molar-refractivity contribution in [3.63, 3.8) is 0 Å². The van der Waals surface area contributed by atoms with Crippen LogP contribution in [-0.2, 0) is 16.4 Å². The summed E-state index contributed by atoms with van der Waals surface area (Å²) in [6.45, 7) is 2.38. The third-order valence-corrected chi connectivity index (χ3v) is 6.24. The Kier molecular flexibility index (Phi) is 6.90. The fourth-order valence-electron chi connectivity index (χ4n) is 4.29. The average molecular weight is 425 g/mol. The highest BCUT2D eigenvalue weighted by Crippen LogP contribution is 2.44. The standard InChI is InChI=1S/C21H30F3N5O/c1-26-19(28-17-6-10-29(11-7-17)13-18(25)30)27-14-20(8-3-9-20)15-4-2-5-16(12-15)21(22,23)24/h2,4-5,12,17H,3,6-11,13-14H2,1H3,(H2,25,30)(H2,26,27,28). The number of likely N-dealkylation sites (tertiary alicyclic amines) is 1. The number of nitrogens with two attached hydrogens (primary N) is 1. The van der Waals surface area contributed by atoms with Gasteiger partial charge in [0.25, 0.3) is 0 Å². The number of hydrogen-bond donors (Lipinski definition) is 3. The smallest absolute Gasteiger partial charge is 0.369 e. The highest BCUT2D eigenvalue weighted by atomic mass is 19.4. The van der Waals surface area contributed by atoms with Crippen LogP contribution in [0.25, 0.3) is 0 Å². The predicted octanol–water partition coefficient (Wildman–Crippen LogP) is 2.24. The van der Waals surface area contributed by atoms with Crippen molar-refractivity contribution >= 4 is 11.9 Å². The molecule has 1 saturated heterocycles. The summed E-state index contributed by atoms with van der Waals surface area (Å²) >= 11 is 0. The number of carbonyl (C=O) groups excluding carboxylic acids is 1. The Labute approximate surface area is 175 Å². The fourth-order valence-corrected chi connectivity index (χ4v) is 4.29. The van der Waals surface area contributed by atoms with Gasteiger partial charge in [-0.15, -0.1) is 0 Å². The van der Waals surface area contributed by atoms with E-state index in [0.29, 0.717) is 12.5 Å². The number of piperidine rings is 1. The maximum atomic E-state index is 13.1. The fraction of sp³-hybridized carbons (Fsp3) is 0.619. The molecule has 6 nitrogen and oxygen atoms in total. The van der Waals surface area contributed by atoms with Crippen molar-refractivity contribution in [1.29, 1.82) is 0 Å². The quantitative estimate of drug-likeness (QED) is 0.482. The van der Waals surface area contributed by atoms with Crippen LogP contribution in [0.15, 0.2) is 29.3 Å². The third kappa shape index (κ3) is 5.44. The lowest BCUT2D eigenvalue weighted by Crippen LogP contribution is -2.53. The first-order chi connectivity index (χ1) is 14.2. The van der Waals surface area contributed by atoms with Gasteiger partial charge in [0.2, 0.25) is 5.91 Å². The van der Waals surface area contributed by atoms with Crippen molar-refractivity contribution in [2.45, 2.75) is 49.7 Å². The lowest BCUT2D eigenvalue weighted by molar-refractivity contribution is -0.137. The number of alkyl halides is 3. The van der Waals surface area contributed by atoms with Gasteiger partial charge in [0.1, 0.15) is 0 Å². The van der Waals surface area contributed by atoms with Crippen LogP contribution in [0.4, 0.5) is 13.2 Å². The zero-order valence-electron chi connectivity index (χ0n) is 17.3. The minimum absolute atomic E-state index is 0.228. The van der Waals surface area contributed by atoms with Gasteiger partial charge in [-0.3, -0.25) is 14.7 Å². The zero-order valence-corrected chi connectivity index (χ0v) is 17.3. The van der Waals surface area contributed by atoms with Crippen LogP contribution in [0.1, 0.15) is 43.2 Å². The van der Waals surface area contributed by atoms with Crippen molar-refractivity contribution in [2.24, 2.45) is 10.7 Å². The van der Waals surface area contributed by atoms with Crippen molar-refractivity contribution < 1.29 is 18.0 Å². The van der Waals surface area contributed by atoms with Crippen LogP contribution in [0.2, 0.25) is 0 Å². The van der Waals surface area contributed by atoms with Crippen LogP contribution in [0, 0.1) is 0 Å². The van der Waals surface area contributed by atoms with Crippen LogP contribution < -0.4 is 16.4 Å². The minimum Gasteiger partial charge on any atom is -0.369 e. The molecule has 2 fully saturated rings. The molecule has 0 radical (unpaired) electrons. The molecule has 0 bridgehead atoms. The van der Waals surface area contributed by atoms with Gasteiger partial charge in [-0.1, -0.05) is 24.6 Å². The number of amides is 1. The maximum absolute atomic E-state index is 13.1. The van der Waals surface area contributed by atoms with Crippen molar-refractivity contribution in [2.75, 3.05) is 33.2 Å². The number of guanidine groups is 1. The highest BCUT2D eigenvalue weighted by molar-refractivity contribution is 5.80. The average Bonchev–Trinajstić information content (AvgIpc) is 2.66. The number of halogens is 3. The minimum atomic E-state index is -4.34. The summed E-state index contributed by atoms with van der Waals surface area (Å²) < 4.78 is 39.4. The number of nitrogens with zero attached hydrogens (tertiary/aromatic N) is 2. The van der Waals surface area contributed by atoms with Crippen molar-refractivity contribution in [3.8, 4) is 0 Å². The molecule has 9 heteroatoms. The van der Waals surface area contributed by atoms with Gasteiger partial charge in [-0.2, -0.15) is 13.2 Å². The van der Waals surface area contributed by atoms with Crippen molar-refractivity contribution in [1.82, 2.24) is 15.5 Å². The summed E-state index contributed by atoms with van der Waals surface area (Å²) in [7, 11) is 1.69. The summed E-state index contributed by atoms with van der Waals surface area (Å²) in [5.74, 6) is 0.334. The molecule has 1 heterocycles. The molecule has 1 saturated carbocycles. The summed E-state index contributed by atoms with van der Waals surface area (Å²) in [6, 6.07) is 5.91. The van der Waals surface area contributed by atoms with E-state index in [1.54, 1.807) is 13.1 Å². The molecule has 0 aromatic heterocycles. The predicted molar refractivity (Wildman–Crippen MR) is 110 cm³/mol. The largest absolute Gasteiger partial charge is 0.416 e. The van der Waals surface area contributed by atoms with Crippen LogP contribution in [-0.4, -0.2) is 56.0 Å². The molecule has 166 valence electrons. The van der Waals surface area contributed by atoms with Gasteiger partial charge >= 0.3 is 6.18 Å². The lowest BCUT2D eigenvalue weighted by atomic mass is 9.64. The molecule has 3 rings (SSSR count). The van der Waals surface area contributed by atoms with Gasteiger partial charge in [-0.05, 0) is 37.3 Å². The van der Waals surface area contributed by atoms with E-state index < -0.39 is 11.7 Å². The molecule has 30 heavy (non-hydrogen) atoms. The Balaban J connectivity index is 1.57. The second-order valence-corrected chi connectivity index (χ2v) is 8.30. The Morgan fingerprint density at radius 2 is 2.00 bits per heavy atom. The SMILES string of the molecule is CN=C(NCC1(c2cccc(C(F)(F)F)c2)CCC1)NC1CCN(CC(N)=O)CC1. The zero-order chi connectivity index (χ0) is 21.8. The molecule has 1 aliphatic heterocycles. The topological polar surface area (TPSA) is 82.8 Å². The number of rotatable bonds is 6. The van der Waals surface area contributed by atoms with Crippen molar-refractivity contribution in [3.05, 3.63) is 35.4 Å². The lowest BCUT2D eigenvalue weighted by Gasteiger charge is -2.43. The maximum Gasteiger partial charge on any atom is 0.416 e. The second kappa shape index (κ2) is 9.24. The first kappa shape index (κ1) is 22.4. The molecule has 4 N–H and O–H groups in total.